The van der Waals surface area contributed by atoms with Crippen molar-refractivity contribution in [3.05, 3.63) is 57.3 Å². The summed E-state index contributed by atoms with van der Waals surface area (Å²) >= 11 is 3.24. The van der Waals surface area contributed by atoms with Gasteiger partial charge in [-0.2, -0.15) is 0 Å². The molecule has 0 N–H and O–H groups in total. The molecule has 0 saturated heterocycles. The van der Waals surface area contributed by atoms with Crippen LogP contribution in [0.2, 0.25) is 0 Å². The van der Waals surface area contributed by atoms with E-state index < -0.39 is 0 Å². The first kappa shape index (κ1) is 18.0. The Morgan fingerprint density at radius 1 is 1.39 bits per heavy atom. The smallest absolute Gasteiger partial charge is 0.351 e. The monoisotopic (exact) mass is 376 g/mol. The zero-order chi connectivity index (χ0) is 17.2. The fourth-order valence-corrected chi connectivity index (χ4v) is 3.41. The lowest BCUT2D eigenvalue weighted by Crippen LogP contribution is -2.26. The zero-order valence-electron chi connectivity index (χ0n) is 14.6. The molecule has 0 aromatic carbocycles. The Labute approximate surface area is 147 Å². The fraction of sp³-hybridized carbons (Fsp3) is 0.450. The van der Waals surface area contributed by atoms with Crippen molar-refractivity contribution in [2.45, 2.75) is 47.5 Å². The van der Waals surface area contributed by atoms with Gasteiger partial charge in [-0.15, -0.1) is 0 Å². The highest BCUT2D eigenvalue weighted by atomic mass is 79.9. The van der Waals surface area contributed by atoms with E-state index in [1.165, 1.54) is 18.4 Å². The summed E-state index contributed by atoms with van der Waals surface area (Å²) in [5.74, 6) is 0.774. The van der Waals surface area contributed by atoms with Crippen LogP contribution < -0.4 is 0 Å². The van der Waals surface area contributed by atoms with E-state index in [9.17, 15) is 4.79 Å². The molecule has 0 bridgehead atoms. The van der Waals surface area contributed by atoms with Crippen molar-refractivity contribution in [2.24, 2.45) is 11.3 Å². The Morgan fingerprint density at radius 3 is 2.65 bits per heavy atom. The minimum atomic E-state index is -0.319. The maximum Gasteiger partial charge on any atom is 0.351 e. The standard InChI is InChI=1S/C20H25BrO2/c1-13(9-11-17-15(3)18(21)19(22)23-17)8-10-16-14(2)7-6-12-20(16,4)5/h7-11,16H,6,12H2,1-5H3/b10-8+,13-9+,17-11-. The molecule has 2 aliphatic rings. The van der Waals surface area contributed by atoms with Crippen LogP contribution in [-0.4, -0.2) is 5.97 Å². The summed E-state index contributed by atoms with van der Waals surface area (Å²) in [6.45, 7) is 10.8. The lowest BCUT2D eigenvalue weighted by molar-refractivity contribution is -0.132. The molecule has 2 rings (SSSR count). The maximum atomic E-state index is 11.5. The Bertz CT molecular complexity index is 657. The molecule has 1 aliphatic carbocycles. The molecule has 1 heterocycles. The Kier molecular flexibility index (Phi) is 5.51. The summed E-state index contributed by atoms with van der Waals surface area (Å²) in [7, 11) is 0. The molecule has 0 spiro atoms. The summed E-state index contributed by atoms with van der Waals surface area (Å²) in [5.41, 5.74) is 3.74. The number of esters is 1. The second-order valence-corrected chi connectivity index (χ2v) is 7.88. The molecule has 23 heavy (non-hydrogen) atoms. The first-order chi connectivity index (χ1) is 10.7. The molecule has 1 atom stereocenters. The topological polar surface area (TPSA) is 26.3 Å². The molecular weight excluding hydrogens is 352 g/mol. The average Bonchev–Trinajstić information content (AvgIpc) is 2.71. The number of carbonyl (C=O) groups excluding carboxylic acids is 1. The number of hydrogen-bond acceptors (Lipinski definition) is 2. The Balaban J connectivity index is 2.13. The highest BCUT2D eigenvalue weighted by Gasteiger charge is 2.30. The number of rotatable bonds is 3. The predicted octanol–water partition coefficient (Wildman–Crippen LogP) is 5.98. The molecule has 0 saturated carbocycles. The van der Waals surface area contributed by atoms with Gasteiger partial charge in [0, 0.05) is 11.5 Å². The van der Waals surface area contributed by atoms with Crippen molar-refractivity contribution in [3.8, 4) is 0 Å². The summed E-state index contributed by atoms with van der Waals surface area (Å²) in [5, 5.41) is 0. The van der Waals surface area contributed by atoms with E-state index in [4.69, 9.17) is 4.74 Å². The molecule has 0 fully saturated rings. The van der Waals surface area contributed by atoms with Gasteiger partial charge in [-0.25, -0.2) is 4.79 Å². The number of hydrogen-bond donors (Lipinski definition) is 0. The first-order valence-electron chi connectivity index (χ1n) is 8.05. The summed E-state index contributed by atoms with van der Waals surface area (Å²) < 4.78 is 5.71. The second kappa shape index (κ2) is 7.04. The van der Waals surface area contributed by atoms with Crippen LogP contribution in [0.25, 0.3) is 0 Å². The van der Waals surface area contributed by atoms with Crippen molar-refractivity contribution in [3.63, 3.8) is 0 Å². The van der Waals surface area contributed by atoms with Gasteiger partial charge in [0.15, 0.2) is 0 Å². The molecule has 0 amide bonds. The van der Waals surface area contributed by atoms with Gasteiger partial charge >= 0.3 is 5.97 Å². The normalized spacial score (nSPS) is 27.0. The van der Waals surface area contributed by atoms with Crippen LogP contribution in [0.15, 0.2) is 57.3 Å². The van der Waals surface area contributed by atoms with Crippen LogP contribution in [0.1, 0.15) is 47.5 Å². The van der Waals surface area contributed by atoms with E-state index in [1.807, 2.05) is 19.1 Å². The van der Waals surface area contributed by atoms with E-state index in [1.54, 1.807) is 0 Å². The van der Waals surface area contributed by atoms with Crippen molar-refractivity contribution < 1.29 is 9.53 Å². The largest absolute Gasteiger partial charge is 0.422 e. The van der Waals surface area contributed by atoms with Gasteiger partial charge in [-0.3, -0.25) is 0 Å². The molecule has 3 heteroatoms. The van der Waals surface area contributed by atoms with Crippen LogP contribution in [0.4, 0.5) is 0 Å². The highest BCUT2D eigenvalue weighted by Crippen LogP contribution is 2.41. The van der Waals surface area contributed by atoms with Gasteiger partial charge in [0.05, 0.1) is 0 Å². The minimum absolute atomic E-state index is 0.305. The second-order valence-electron chi connectivity index (χ2n) is 7.08. The van der Waals surface area contributed by atoms with Gasteiger partial charge in [-0.1, -0.05) is 49.3 Å². The number of ether oxygens (including phenoxy) is 1. The molecule has 1 unspecified atom stereocenters. The molecule has 124 valence electrons. The van der Waals surface area contributed by atoms with Crippen LogP contribution in [0.5, 0.6) is 0 Å². The lowest BCUT2D eigenvalue weighted by atomic mass is 9.68. The van der Waals surface area contributed by atoms with Crippen molar-refractivity contribution >= 4 is 21.9 Å². The fourth-order valence-electron chi connectivity index (χ4n) is 3.14. The van der Waals surface area contributed by atoms with Crippen LogP contribution in [0, 0.1) is 11.3 Å². The number of halogens is 1. The summed E-state index contributed by atoms with van der Waals surface area (Å²) in [4.78, 5) is 11.5. The van der Waals surface area contributed by atoms with Crippen LogP contribution >= 0.6 is 15.9 Å². The maximum absolute atomic E-state index is 11.5. The summed E-state index contributed by atoms with van der Waals surface area (Å²) in [6.07, 6.45) is 13.1. The third-order valence-electron chi connectivity index (χ3n) is 4.72. The molecule has 0 aromatic rings. The predicted molar refractivity (Wildman–Crippen MR) is 99.0 cm³/mol. The number of carbonyl (C=O) groups is 1. The molecule has 0 radical (unpaired) electrons. The third kappa shape index (κ3) is 4.14. The Hall–Kier alpha value is -1.35. The number of allylic oxidation sites excluding steroid dienone is 8. The van der Waals surface area contributed by atoms with Crippen molar-refractivity contribution in [2.75, 3.05) is 0 Å². The van der Waals surface area contributed by atoms with Gasteiger partial charge in [0.25, 0.3) is 0 Å². The van der Waals surface area contributed by atoms with Crippen molar-refractivity contribution in [1.29, 1.82) is 0 Å². The summed E-state index contributed by atoms with van der Waals surface area (Å²) in [6, 6.07) is 0. The van der Waals surface area contributed by atoms with E-state index in [0.717, 1.165) is 11.1 Å². The van der Waals surface area contributed by atoms with Crippen LogP contribution in [-0.2, 0) is 9.53 Å². The third-order valence-corrected chi connectivity index (χ3v) is 5.64. The lowest BCUT2D eigenvalue weighted by Gasteiger charge is -2.36. The average molecular weight is 377 g/mol. The first-order valence-corrected chi connectivity index (χ1v) is 8.84. The molecule has 0 aromatic heterocycles. The SMILES string of the molecule is CC1=CCCC(C)(C)C1/C=C/C(C)=C/C=C1\OC(=O)C(Br)=C1C. The van der Waals surface area contributed by atoms with E-state index in [0.29, 0.717) is 21.6 Å². The minimum Gasteiger partial charge on any atom is -0.422 e. The molecule has 2 nitrogen and oxygen atoms in total. The molecule has 1 aliphatic heterocycles. The van der Waals surface area contributed by atoms with E-state index in [2.05, 4.69) is 61.9 Å². The van der Waals surface area contributed by atoms with Crippen molar-refractivity contribution in [1.82, 2.24) is 0 Å². The zero-order valence-corrected chi connectivity index (χ0v) is 16.2. The quantitative estimate of drug-likeness (QED) is 0.344. The van der Waals surface area contributed by atoms with Crippen LogP contribution in [0.3, 0.4) is 0 Å². The van der Waals surface area contributed by atoms with Gasteiger partial charge < -0.3 is 4.74 Å². The highest BCUT2D eigenvalue weighted by molar-refractivity contribution is 9.12. The van der Waals surface area contributed by atoms with Gasteiger partial charge in [-0.05, 0) is 61.0 Å². The van der Waals surface area contributed by atoms with Gasteiger partial charge in [0.2, 0.25) is 0 Å². The number of cyclic esters (lactones) is 1. The van der Waals surface area contributed by atoms with Gasteiger partial charge in [0.1, 0.15) is 10.2 Å². The molecular formula is C20H25BrO2. The Morgan fingerprint density at radius 2 is 2.09 bits per heavy atom. The van der Waals surface area contributed by atoms with E-state index >= 15 is 0 Å². The van der Waals surface area contributed by atoms with E-state index in [-0.39, 0.29) is 5.97 Å².